The molecule has 1 heterocycles. The number of hydrogen-bond donors (Lipinski definition) is 3. The van der Waals surface area contributed by atoms with Gasteiger partial charge in [0.2, 0.25) is 0 Å². The molecule has 6 aliphatic carbocycles. The summed E-state index contributed by atoms with van der Waals surface area (Å²) in [6.45, 7) is 25.4. The van der Waals surface area contributed by atoms with Crippen LogP contribution in [0.1, 0.15) is 169 Å². The van der Waals surface area contributed by atoms with Crippen LogP contribution in [0.4, 0.5) is 5.69 Å². The monoisotopic (exact) mass is 868 g/mol. The maximum Gasteiger partial charge on any atom is 0.306 e. The Morgan fingerprint density at radius 3 is 2.21 bits per heavy atom. The van der Waals surface area contributed by atoms with Crippen LogP contribution in [-0.4, -0.2) is 67.7 Å². The van der Waals surface area contributed by atoms with Crippen molar-refractivity contribution in [2.45, 2.75) is 164 Å². The summed E-state index contributed by atoms with van der Waals surface area (Å²) >= 11 is 0. The molecule has 1 saturated heterocycles. The molecule has 11 atom stereocenters. The number of piperidine rings is 1. The molecule has 0 aromatic heterocycles. The zero-order valence-electron chi connectivity index (χ0n) is 41.0. The van der Waals surface area contributed by atoms with Crippen molar-refractivity contribution in [1.82, 2.24) is 10.6 Å². The number of fused-ring (bicyclic) bond motifs is 7. The van der Waals surface area contributed by atoms with Gasteiger partial charge in [-0.2, -0.15) is 0 Å². The average Bonchev–Trinajstić information content (AvgIpc) is 3.55. The Bertz CT molecular complexity index is 1880. The van der Waals surface area contributed by atoms with Crippen LogP contribution in [0.2, 0.25) is 0 Å². The highest BCUT2D eigenvalue weighted by Crippen LogP contribution is 2.74. The van der Waals surface area contributed by atoms with Gasteiger partial charge in [-0.15, -0.1) is 0 Å². The summed E-state index contributed by atoms with van der Waals surface area (Å²) in [4.78, 5) is 51.9. The predicted octanol–water partition coefficient (Wildman–Crippen LogP) is 11.0. The van der Waals surface area contributed by atoms with Crippen LogP contribution >= 0.6 is 0 Å². The van der Waals surface area contributed by atoms with E-state index in [1.165, 1.54) is 69.0 Å². The van der Waals surface area contributed by atoms with E-state index in [1.54, 1.807) is 5.57 Å². The summed E-state index contributed by atoms with van der Waals surface area (Å²) in [7, 11) is 2.03. The smallest absolute Gasteiger partial charge is 0.306 e. The van der Waals surface area contributed by atoms with Gasteiger partial charge in [0.05, 0.1) is 5.92 Å². The molecule has 8 heteroatoms. The lowest BCUT2D eigenvalue weighted by atomic mass is 9.35. The standard InChI is InChI=1S/C43H70N2O4.C12H15NO/c1-25(2)36-33(47)23-43(19-20-45-24-39(4,5)44-10)18-14-31-28(37(36)43)11-12-35-41(31,8)17-15-34-40(6,7)27(13-16-42(34,35)9)21-32(46)29-22-30(26(29)3)38(48)49;14-10-11-4-6-12(7-5-11)13-8-2-1-3-9-13/h25-31,34-35,44-45H,11-24H2,1-10H3,(H,48,49);4-7,10H,1-3,8-9H2. The van der Waals surface area contributed by atoms with Gasteiger partial charge in [0, 0.05) is 60.6 Å². The summed E-state index contributed by atoms with van der Waals surface area (Å²) in [5, 5.41) is 16.7. The molecule has 7 aliphatic rings. The Morgan fingerprint density at radius 1 is 0.905 bits per heavy atom. The number of carboxylic acids is 1. The van der Waals surface area contributed by atoms with Crippen LogP contribution in [0.3, 0.4) is 0 Å². The molecule has 1 aromatic carbocycles. The predicted molar refractivity (Wildman–Crippen MR) is 255 cm³/mol. The van der Waals surface area contributed by atoms with Crippen molar-refractivity contribution in [3.8, 4) is 0 Å². The van der Waals surface area contributed by atoms with Crippen molar-refractivity contribution in [2.75, 3.05) is 38.1 Å². The quantitative estimate of drug-likeness (QED) is 0.133. The summed E-state index contributed by atoms with van der Waals surface area (Å²) in [6, 6.07) is 7.85. The molecule has 0 amide bonds. The van der Waals surface area contributed by atoms with Gasteiger partial charge in [-0.3, -0.25) is 19.2 Å². The maximum absolute atomic E-state index is 13.9. The van der Waals surface area contributed by atoms with Crippen molar-refractivity contribution in [2.24, 2.45) is 74.9 Å². The third-order valence-corrected chi connectivity index (χ3v) is 19.7. The number of Topliss-reactive ketones (excluding diaryl/α,β-unsaturated/α-hetero) is 2. The average molecular weight is 868 g/mol. The number of carbonyl (C=O) groups is 4. The minimum atomic E-state index is -0.744. The van der Waals surface area contributed by atoms with E-state index in [0.717, 1.165) is 63.7 Å². The minimum absolute atomic E-state index is 0.0357. The van der Waals surface area contributed by atoms with Gasteiger partial charge in [-0.1, -0.05) is 54.0 Å². The first-order chi connectivity index (χ1) is 29.7. The van der Waals surface area contributed by atoms with Crippen molar-refractivity contribution >= 4 is 29.5 Å². The van der Waals surface area contributed by atoms with E-state index in [9.17, 15) is 24.3 Å². The topological polar surface area (TPSA) is 116 Å². The van der Waals surface area contributed by atoms with E-state index in [-0.39, 0.29) is 50.9 Å². The minimum Gasteiger partial charge on any atom is -0.481 e. The third kappa shape index (κ3) is 8.93. The molecule has 11 unspecified atom stereocenters. The van der Waals surface area contributed by atoms with E-state index in [1.807, 2.05) is 38.2 Å². The van der Waals surface area contributed by atoms with Crippen molar-refractivity contribution in [1.29, 1.82) is 0 Å². The Morgan fingerprint density at radius 2 is 1.59 bits per heavy atom. The van der Waals surface area contributed by atoms with Gasteiger partial charge in [-0.25, -0.2) is 0 Å². The molecule has 1 aliphatic heterocycles. The van der Waals surface area contributed by atoms with Gasteiger partial charge < -0.3 is 20.6 Å². The lowest BCUT2D eigenvalue weighted by Gasteiger charge is -2.69. The fourth-order valence-corrected chi connectivity index (χ4v) is 15.8. The molecule has 0 bridgehead atoms. The molecule has 3 N–H and O–H groups in total. The molecule has 6 fully saturated rings. The number of aldehydes is 1. The van der Waals surface area contributed by atoms with Crippen molar-refractivity contribution in [3.63, 3.8) is 0 Å². The third-order valence-electron chi connectivity index (χ3n) is 19.7. The van der Waals surface area contributed by atoms with E-state index < -0.39 is 5.97 Å². The van der Waals surface area contributed by atoms with Crippen LogP contribution in [0.5, 0.6) is 0 Å². The maximum atomic E-state index is 13.9. The molecule has 8 nitrogen and oxygen atoms in total. The Hall–Kier alpha value is -2.84. The van der Waals surface area contributed by atoms with Crippen molar-refractivity contribution in [3.05, 3.63) is 41.0 Å². The number of carbonyl (C=O) groups excluding carboxylic acids is 3. The first kappa shape index (κ1) is 48.1. The number of likely N-dealkylation sites (N-methyl/N-ethyl adjacent to an activating group) is 1. The molecule has 1 aromatic rings. The van der Waals surface area contributed by atoms with Crippen LogP contribution in [-0.2, 0) is 14.4 Å². The SMILES string of the molecule is CNC(C)(C)CNCCC12CCC3C(CCC4C3(C)CCC3C(C)(C)C(CC(=O)C5CC(C(=O)O)C5C)CCC34C)C1=C(C(C)C)C(=O)C2.O=Cc1ccc(N2CCCCC2)cc1. The largest absolute Gasteiger partial charge is 0.481 e. The Balaban J connectivity index is 0.000000359. The number of benzene rings is 1. The lowest BCUT2D eigenvalue weighted by molar-refractivity contribution is -0.193. The molecule has 350 valence electrons. The molecular formula is C55H85N3O5. The first-order valence-corrected chi connectivity index (χ1v) is 25.5. The van der Waals surface area contributed by atoms with Gasteiger partial charge in [0.1, 0.15) is 12.1 Å². The van der Waals surface area contributed by atoms with Gasteiger partial charge in [0.25, 0.3) is 0 Å². The molecule has 8 rings (SSSR count). The van der Waals surface area contributed by atoms with E-state index in [0.29, 0.717) is 54.0 Å². The van der Waals surface area contributed by atoms with Crippen molar-refractivity contribution < 1.29 is 24.3 Å². The Labute approximate surface area is 381 Å². The number of hydrogen-bond acceptors (Lipinski definition) is 7. The van der Waals surface area contributed by atoms with Crippen LogP contribution in [0.15, 0.2) is 35.4 Å². The number of anilines is 1. The number of nitrogens with zero attached hydrogens (tertiary/aromatic N) is 1. The molecular weight excluding hydrogens is 783 g/mol. The van der Waals surface area contributed by atoms with Crippen LogP contribution in [0, 0.1) is 74.9 Å². The first-order valence-electron chi connectivity index (χ1n) is 25.5. The summed E-state index contributed by atoms with van der Waals surface area (Å²) < 4.78 is 0. The highest BCUT2D eigenvalue weighted by Gasteiger charge is 2.66. The zero-order chi connectivity index (χ0) is 45.7. The number of rotatable bonds is 13. The Kier molecular flexibility index (Phi) is 14.1. The van der Waals surface area contributed by atoms with Crippen LogP contribution < -0.4 is 15.5 Å². The van der Waals surface area contributed by atoms with Gasteiger partial charge in [-0.05, 0) is 198 Å². The summed E-state index contributed by atoms with van der Waals surface area (Å²) in [5.41, 5.74) is 5.52. The normalized spacial score (nSPS) is 37.1. The highest BCUT2D eigenvalue weighted by atomic mass is 16.4. The molecule has 0 radical (unpaired) electrons. The number of ketones is 2. The lowest BCUT2D eigenvalue weighted by Crippen LogP contribution is -2.62. The van der Waals surface area contributed by atoms with E-state index in [2.05, 4.69) is 70.9 Å². The highest BCUT2D eigenvalue weighted by molar-refractivity contribution is 6.00. The second-order valence-corrected chi connectivity index (χ2v) is 24.0. The second kappa shape index (κ2) is 18.4. The van der Waals surface area contributed by atoms with Gasteiger partial charge >= 0.3 is 5.97 Å². The van der Waals surface area contributed by atoms with E-state index in [4.69, 9.17) is 0 Å². The molecule has 63 heavy (non-hydrogen) atoms. The fourth-order valence-electron chi connectivity index (χ4n) is 15.8. The number of aliphatic carboxylic acids is 1. The number of nitrogens with one attached hydrogen (secondary N) is 2. The zero-order valence-corrected chi connectivity index (χ0v) is 41.0. The molecule has 0 spiro atoms. The summed E-state index contributed by atoms with van der Waals surface area (Å²) in [6.07, 6.45) is 17.4. The number of allylic oxidation sites excluding steroid dienone is 2. The van der Waals surface area contributed by atoms with Crippen LogP contribution in [0.25, 0.3) is 0 Å². The van der Waals surface area contributed by atoms with E-state index >= 15 is 0 Å². The number of carboxylic acid groups (broad SMARTS) is 1. The van der Waals surface area contributed by atoms with Gasteiger partial charge in [0.15, 0.2) is 5.78 Å². The second-order valence-electron chi connectivity index (χ2n) is 24.0. The fraction of sp³-hybridized carbons (Fsp3) is 0.782. The molecule has 5 saturated carbocycles. The summed E-state index contributed by atoms with van der Waals surface area (Å²) in [5.74, 6) is 2.67.